The Balaban J connectivity index is 0.00000176. The number of ether oxygens (including phenoxy) is 2. The first-order chi connectivity index (χ1) is 10.2. The molecule has 1 amide bonds. The molecule has 1 heterocycles. The normalized spacial score (nSPS) is 18.4. The van der Waals surface area contributed by atoms with Gasteiger partial charge in [-0.05, 0) is 30.5 Å². The molecule has 0 aromatic heterocycles. The van der Waals surface area contributed by atoms with E-state index in [2.05, 4.69) is 5.32 Å². The fraction of sp³-hybridized carbons (Fsp3) is 0.562. The van der Waals surface area contributed by atoms with Crippen LogP contribution >= 0.6 is 12.4 Å². The first kappa shape index (κ1) is 16.9. The molecule has 1 saturated carbocycles. The largest absolute Gasteiger partial charge is 0.486 e. The monoisotopic (exact) mass is 326 g/mol. The third-order valence-electron chi connectivity index (χ3n) is 4.30. The van der Waals surface area contributed by atoms with Crippen molar-refractivity contribution in [1.82, 2.24) is 5.32 Å². The van der Waals surface area contributed by atoms with Gasteiger partial charge in [-0.2, -0.15) is 0 Å². The van der Waals surface area contributed by atoms with Crippen LogP contribution in [0.2, 0.25) is 0 Å². The van der Waals surface area contributed by atoms with Crippen molar-refractivity contribution in [2.45, 2.75) is 37.6 Å². The molecule has 1 aromatic carbocycles. The fourth-order valence-electron chi connectivity index (χ4n) is 3.27. The Kier molecular flexibility index (Phi) is 5.53. The Morgan fingerprint density at radius 3 is 2.55 bits per heavy atom. The maximum Gasteiger partial charge on any atom is 0.221 e. The minimum atomic E-state index is -0.276. The van der Waals surface area contributed by atoms with Gasteiger partial charge >= 0.3 is 0 Å². The molecule has 2 aliphatic rings. The molecule has 1 aliphatic heterocycles. The van der Waals surface area contributed by atoms with Crippen molar-refractivity contribution in [1.29, 1.82) is 0 Å². The highest BCUT2D eigenvalue weighted by Gasteiger charge is 2.37. The standard InChI is InChI=1S/C16H22N2O3.ClH/c17-8-5-15(19)18-16(6-1-2-7-16)12-3-4-13-14(11-12)21-10-9-20-13;/h3-4,11H,1-2,5-10,17H2,(H,18,19);1H. The summed E-state index contributed by atoms with van der Waals surface area (Å²) in [6.07, 6.45) is 4.53. The molecule has 1 fully saturated rings. The van der Waals surface area contributed by atoms with E-state index >= 15 is 0 Å². The number of hydrogen-bond donors (Lipinski definition) is 2. The lowest BCUT2D eigenvalue weighted by molar-refractivity contribution is -0.122. The highest BCUT2D eigenvalue weighted by molar-refractivity contribution is 5.85. The molecular weight excluding hydrogens is 304 g/mol. The van der Waals surface area contributed by atoms with Gasteiger partial charge in [-0.15, -0.1) is 12.4 Å². The second-order valence-electron chi connectivity index (χ2n) is 5.73. The summed E-state index contributed by atoms with van der Waals surface area (Å²) in [6, 6.07) is 6.00. The van der Waals surface area contributed by atoms with Crippen molar-refractivity contribution < 1.29 is 14.3 Å². The van der Waals surface area contributed by atoms with E-state index in [4.69, 9.17) is 15.2 Å². The third-order valence-corrected chi connectivity index (χ3v) is 4.30. The van der Waals surface area contributed by atoms with Crippen LogP contribution in [0.15, 0.2) is 18.2 Å². The summed E-state index contributed by atoms with van der Waals surface area (Å²) in [5.41, 5.74) is 6.31. The maximum absolute atomic E-state index is 12.0. The summed E-state index contributed by atoms with van der Waals surface area (Å²) in [5, 5.41) is 3.20. The lowest BCUT2D eigenvalue weighted by atomic mass is 9.87. The fourth-order valence-corrected chi connectivity index (χ4v) is 3.27. The van der Waals surface area contributed by atoms with Gasteiger partial charge in [0.15, 0.2) is 11.5 Å². The summed E-state index contributed by atoms with van der Waals surface area (Å²) >= 11 is 0. The molecule has 0 unspecified atom stereocenters. The first-order valence-electron chi connectivity index (χ1n) is 7.65. The number of nitrogens with two attached hydrogens (primary N) is 1. The van der Waals surface area contributed by atoms with Gasteiger partial charge in [0.05, 0.1) is 5.54 Å². The van der Waals surface area contributed by atoms with Gasteiger partial charge in [-0.3, -0.25) is 4.79 Å². The molecular formula is C16H23ClN2O3. The van der Waals surface area contributed by atoms with Gasteiger partial charge in [0.25, 0.3) is 0 Å². The maximum atomic E-state index is 12.0. The number of fused-ring (bicyclic) bond motifs is 1. The average Bonchev–Trinajstić information content (AvgIpc) is 2.96. The summed E-state index contributed by atoms with van der Waals surface area (Å²) in [4.78, 5) is 12.0. The molecule has 1 aromatic rings. The summed E-state index contributed by atoms with van der Waals surface area (Å²) in [7, 11) is 0. The molecule has 1 aliphatic carbocycles. The van der Waals surface area contributed by atoms with Gasteiger partial charge in [0, 0.05) is 13.0 Å². The summed E-state index contributed by atoms with van der Waals surface area (Å²) < 4.78 is 11.2. The van der Waals surface area contributed by atoms with E-state index in [1.165, 1.54) is 0 Å². The summed E-state index contributed by atoms with van der Waals surface area (Å²) in [5.74, 6) is 1.58. The zero-order valence-electron chi connectivity index (χ0n) is 12.6. The molecule has 0 radical (unpaired) electrons. The van der Waals surface area contributed by atoms with Crippen LogP contribution in [-0.4, -0.2) is 25.7 Å². The molecule has 6 heteroatoms. The third kappa shape index (κ3) is 3.31. The number of hydrogen-bond acceptors (Lipinski definition) is 4. The van der Waals surface area contributed by atoms with Gasteiger partial charge in [0.1, 0.15) is 13.2 Å². The predicted octanol–water partition coefficient (Wildman–Crippen LogP) is 2.11. The number of benzene rings is 1. The van der Waals surface area contributed by atoms with E-state index in [9.17, 15) is 4.79 Å². The van der Waals surface area contributed by atoms with Crippen molar-refractivity contribution in [3.05, 3.63) is 23.8 Å². The zero-order valence-corrected chi connectivity index (χ0v) is 13.4. The van der Waals surface area contributed by atoms with Crippen LogP contribution in [0, 0.1) is 0 Å². The Morgan fingerprint density at radius 2 is 1.86 bits per heavy atom. The molecule has 3 rings (SSSR count). The number of nitrogens with one attached hydrogen (secondary N) is 1. The number of halogens is 1. The van der Waals surface area contributed by atoms with Gasteiger partial charge in [0.2, 0.25) is 5.91 Å². The van der Waals surface area contributed by atoms with Gasteiger partial charge in [-0.25, -0.2) is 0 Å². The van der Waals surface area contributed by atoms with Crippen LogP contribution in [-0.2, 0) is 10.3 Å². The van der Waals surface area contributed by atoms with Crippen molar-refractivity contribution in [3.8, 4) is 11.5 Å². The Morgan fingerprint density at radius 1 is 1.18 bits per heavy atom. The van der Waals surface area contributed by atoms with Crippen molar-refractivity contribution >= 4 is 18.3 Å². The molecule has 0 spiro atoms. The van der Waals surface area contributed by atoms with Crippen LogP contribution < -0.4 is 20.5 Å². The number of carbonyl (C=O) groups is 1. The quantitative estimate of drug-likeness (QED) is 0.888. The topological polar surface area (TPSA) is 73.6 Å². The number of rotatable bonds is 4. The minimum absolute atomic E-state index is 0. The molecule has 0 bridgehead atoms. The molecule has 22 heavy (non-hydrogen) atoms. The van der Waals surface area contributed by atoms with E-state index < -0.39 is 0 Å². The van der Waals surface area contributed by atoms with Crippen LogP contribution in [0.5, 0.6) is 11.5 Å². The second kappa shape index (κ2) is 7.20. The van der Waals surface area contributed by atoms with Crippen LogP contribution in [0.4, 0.5) is 0 Å². The minimum Gasteiger partial charge on any atom is -0.486 e. The molecule has 5 nitrogen and oxygen atoms in total. The highest BCUT2D eigenvalue weighted by Crippen LogP contribution is 2.42. The second-order valence-corrected chi connectivity index (χ2v) is 5.73. The number of amides is 1. The summed E-state index contributed by atoms with van der Waals surface area (Å²) in [6.45, 7) is 1.54. The van der Waals surface area contributed by atoms with E-state index in [0.29, 0.717) is 26.2 Å². The first-order valence-corrected chi connectivity index (χ1v) is 7.65. The molecule has 0 atom stereocenters. The van der Waals surface area contributed by atoms with E-state index in [-0.39, 0.29) is 23.9 Å². The smallest absolute Gasteiger partial charge is 0.221 e. The highest BCUT2D eigenvalue weighted by atomic mass is 35.5. The Hall–Kier alpha value is -1.46. The van der Waals surface area contributed by atoms with Crippen LogP contribution in [0.1, 0.15) is 37.7 Å². The van der Waals surface area contributed by atoms with E-state index in [1.54, 1.807) is 0 Å². The van der Waals surface area contributed by atoms with E-state index in [0.717, 1.165) is 42.7 Å². The molecule has 3 N–H and O–H groups in total. The van der Waals surface area contributed by atoms with E-state index in [1.807, 2.05) is 18.2 Å². The molecule has 122 valence electrons. The Bertz CT molecular complexity index is 530. The lowest BCUT2D eigenvalue weighted by Gasteiger charge is -2.32. The predicted molar refractivity (Wildman–Crippen MR) is 86.6 cm³/mol. The van der Waals surface area contributed by atoms with Gasteiger partial charge in [-0.1, -0.05) is 18.9 Å². The number of carbonyl (C=O) groups excluding carboxylic acids is 1. The van der Waals surface area contributed by atoms with Crippen molar-refractivity contribution in [3.63, 3.8) is 0 Å². The zero-order chi connectivity index (χ0) is 14.7. The molecule has 0 saturated heterocycles. The van der Waals surface area contributed by atoms with Crippen LogP contribution in [0.3, 0.4) is 0 Å². The lowest BCUT2D eigenvalue weighted by Crippen LogP contribution is -2.44. The SMILES string of the molecule is Cl.NCCC(=O)NC1(c2ccc3c(c2)OCCO3)CCCC1. The average molecular weight is 327 g/mol. The van der Waals surface area contributed by atoms with Crippen molar-refractivity contribution in [2.24, 2.45) is 5.73 Å². The van der Waals surface area contributed by atoms with Crippen molar-refractivity contribution in [2.75, 3.05) is 19.8 Å². The van der Waals surface area contributed by atoms with Crippen LogP contribution in [0.25, 0.3) is 0 Å². The Labute approximate surface area is 137 Å². The van der Waals surface area contributed by atoms with Gasteiger partial charge < -0.3 is 20.5 Å².